The summed E-state index contributed by atoms with van der Waals surface area (Å²) in [5.41, 5.74) is 1.04. The number of rotatable bonds is 4. The number of aromatic carboxylic acids is 1. The lowest BCUT2D eigenvalue weighted by atomic mass is 10.0. The van der Waals surface area contributed by atoms with Gasteiger partial charge in [0.15, 0.2) is 0 Å². The predicted molar refractivity (Wildman–Crippen MR) is 71.3 cm³/mol. The van der Waals surface area contributed by atoms with Crippen LogP contribution in [-0.4, -0.2) is 25.5 Å². The third-order valence-corrected chi connectivity index (χ3v) is 4.44. The summed E-state index contributed by atoms with van der Waals surface area (Å²) in [5.74, 6) is -1.33. The van der Waals surface area contributed by atoms with Crippen LogP contribution in [0.15, 0.2) is 0 Å². The van der Waals surface area contributed by atoms with Gasteiger partial charge < -0.3 is 20.1 Å². The SMILES string of the molecule is CCCC(=O)Nc1sc2c(c1C(=O)[O-])CC[NH+](C)C2. The zero-order chi connectivity index (χ0) is 14.0. The Hall–Kier alpha value is -1.40. The van der Waals surface area contributed by atoms with Crippen molar-refractivity contribution in [3.8, 4) is 0 Å². The second kappa shape index (κ2) is 5.71. The molecule has 2 N–H and O–H groups in total. The molecule has 0 fully saturated rings. The Balaban J connectivity index is 2.32. The molecule has 1 aromatic heterocycles. The minimum Gasteiger partial charge on any atom is -0.545 e. The Labute approximate surface area is 116 Å². The summed E-state index contributed by atoms with van der Waals surface area (Å²) in [6.45, 7) is 3.63. The monoisotopic (exact) mass is 282 g/mol. The molecule has 0 saturated carbocycles. The molecule has 1 unspecified atom stereocenters. The largest absolute Gasteiger partial charge is 0.545 e. The Bertz CT molecular complexity index is 510. The van der Waals surface area contributed by atoms with Crippen molar-refractivity contribution in [3.05, 3.63) is 16.0 Å². The highest BCUT2D eigenvalue weighted by Gasteiger charge is 2.26. The summed E-state index contributed by atoms with van der Waals surface area (Å²) in [7, 11) is 2.08. The lowest BCUT2D eigenvalue weighted by Gasteiger charge is -2.20. The van der Waals surface area contributed by atoms with E-state index in [0.29, 0.717) is 11.4 Å². The van der Waals surface area contributed by atoms with Crippen LogP contribution in [0.3, 0.4) is 0 Å². The van der Waals surface area contributed by atoms with Crippen molar-refractivity contribution in [2.24, 2.45) is 0 Å². The Morgan fingerprint density at radius 1 is 1.47 bits per heavy atom. The van der Waals surface area contributed by atoms with Crippen molar-refractivity contribution in [2.75, 3.05) is 18.9 Å². The van der Waals surface area contributed by atoms with Crippen LogP contribution >= 0.6 is 11.3 Å². The number of carbonyl (C=O) groups excluding carboxylic acids is 2. The molecule has 5 nitrogen and oxygen atoms in total. The zero-order valence-corrected chi connectivity index (χ0v) is 12.0. The van der Waals surface area contributed by atoms with Crippen molar-refractivity contribution in [2.45, 2.75) is 32.7 Å². The predicted octanol–water partition coefficient (Wildman–Crippen LogP) is -0.579. The summed E-state index contributed by atoms with van der Waals surface area (Å²) in [6.07, 6.45) is 1.87. The molecule has 1 amide bonds. The maximum absolute atomic E-state index is 11.6. The molecule has 2 rings (SSSR count). The minimum absolute atomic E-state index is 0.135. The van der Waals surface area contributed by atoms with Crippen LogP contribution in [0.4, 0.5) is 5.00 Å². The van der Waals surface area contributed by atoms with Gasteiger partial charge in [0, 0.05) is 18.4 Å². The van der Waals surface area contributed by atoms with Crippen LogP contribution in [0.1, 0.15) is 40.6 Å². The first-order valence-corrected chi connectivity index (χ1v) is 7.31. The smallest absolute Gasteiger partial charge is 0.224 e. The van der Waals surface area contributed by atoms with Gasteiger partial charge in [-0.1, -0.05) is 6.92 Å². The van der Waals surface area contributed by atoms with E-state index in [1.165, 1.54) is 16.2 Å². The summed E-state index contributed by atoms with van der Waals surface area (Å²) < 4.78 is 0. The molecule has 0 radical (unpaired) electrons. The highest BCUT2D eigenvalue weighted by atomic mass is 32.1. The molecule has 0 saturated heterocycles. The van der Waals surface area contributed by atoms with E-state index in [2.05, 4.69) is 12.4 Å². The van der Waals surface area contributed by atoms with Crippen molar-refractivity contribution in [1.82, 2.24) is 0 Å². The fourth-order valence-corrected chi connectivity index (χ4v) is 3.71. The summed E-state index contributed by atoms with van der Waals surface area (Å²) in [6, 6.07) is 0. The topological polar surface area (TPSA) is 73.7 Å². The number of carboxylic acid groups (broad SMARTS) is 1. The van der Waals surface area contributed by atoms with Gasteiger partial charge in [-0.05, 0) is 12.0 Å². The first kappa shape index (κ1) is 14.0. The molecular weight excluding hydrogens is 264 g/mol. The first-order chi connectivity index (χ1) is 9.02. The van der Waals surface area contributed by atoms with Crippen LogP contribution in [0, 0.1) is 0 Å². The van der Waals surface area contributed by atoms with E-state index in [0.717, 1.165) is 36.4 Å². The molecular formula is C13H18N2O3S. The fourth-order valence-electron chi connectivity index (χ4n) is 2.34. The number of carboxylic acids is 1. The standard InChI is InChI=1S/C13H18N2O3S/c1-3-4-10(16)14-12-11(13(17)18)8-5-6-15(2)7-9(8)19-12/h3-7H2,1-2H3,(H,14,16)(H,17,18). The number of hydrogen-bond donors (Lipinski definition) is 2. The van der Waals surface area contributed by atoms with Gasteiger partial charge in [-0.2, -0.15) is 0 Å². The Morgan fingerprint density at radius 3 is 2.84 bits per heavy atom. The van der Waals surface area contributed by atoms with Crippen molar-refractivity contribution in [3.63, 3.8) is 0 Å². The molecule has 1 aliphatic heterocycles. The van der Waals surface area contributed by atoms with Crippen LogP contribution in [-0.2, 0) is 17.8 Å². The van der Waals surface area contributed by atoms with Gasteiger partial charge in [-0.3, -0.25) is 4.79 Å². The van der Waals surface area contributed by atoms with E-state index in [9.17, 15) is 14.7 Å². The van der Waals surface area contributed by atoms with E-state index in [1.807, 2.05) is 6.92 Å². The average molecular weight is 282 g/mol. The second-order valence-corrected chi connectivity index (χ2v) is 6.03. The molecule has 104 valence electrons. The van der Waals surface area contributed by atoms with E-state index < -0.39 is 5.97 Å². The number of anilines is 1. The molecule has 0 aromatic carbocycles. The van der Waals surface area contributed by atoms with Crippen LogP contribution in [0.2, 0.25) is 0 Å². The molecule has 1 aromatic rings. The third-order valence-electron chi connectivity index (χ3n) is 3.29. The molecule has 19 heavy (non-hydrogen) atoms. The molecule has 1 aliphatic rings. The first-order valence-electron chi connectivity index (χ1n) is 6.50. The molecule has 6 heteroatoms. The zero-order valence-electron chi connectivity index (χ0n) is 11.2. The van der Waals surface area contributed by atoms with Gasteiger partial charge in [0.25, 0.3) is 0 Å². The number of thiophene rings is 1. The van der Waals surface area contributed by atoms with Gasteiger partial charge in [0.05, 0.1) is 24.4 Å². The number of carbonyl (C=O) groups is 2. The lowest BCUT2D eigenvalue weighted by molar-refractivity contribution is -0.895. The van der Waals surface area contributed by atoms with Crippen LogP contribution < -0.4 is 15.3 Å². The van der Waals surface area contributed by atoms with E-state index in [-0.39, 0.29) is 11.5 Å². The summed E-state index contributed by atoms with van der Waals surface area (Å²) in [4.78, 5) is 25.4. The molecule has 0 spiro atoms. The highest BCUT2D eigenvalue weighted by molar-refractivity contribution is 7.16. The van der Waals surface area contributed by atoms with E-state index >= 15 is 0 Å². The number of hydrogen-bond acceptors (Lipinski definition) is 4. The molecule has 0 aliphatic carbocycles. The summed E-state index contributed by atoms with van der Waals surface area (Å²) in [5, 5.41) is 14.5. The van der Waals surface area contributed by atoms with E-state index in [4.69, 9.17) is 0 Å². The number of nitrogens with one attached hydrogen (secondary N) is 2. The number of amides is 1. The maximum Gasteiger partial charge on any atom is 0.224 e. The van der Waals surface area contributed by atoms with Gasteiger partial charge >= 0.3 is 0 Å². The maximum atomic E-state index is 11.6. The molecule has 1 atom stereocenters. The van der Waals surface area contributed by atoms with Crippen molar-refractivity contribution in [1.29, 1.82) is 0 Å². The number of fused-ring (bicyclic) bond motifs is 1. The van der Waals surface area contributed by atoms with E-state index in [1.54, 1.807) is 0 Å². The van der Waals surface area contributed by atoms with Crippen LogP contribution in [0.5, 0.6) is 0 Å². The van der Waals surface area contributed by atoms with Gasteiger partial charge in [0.1, 0.15) is 11.5 Å². The fraction of sp³-hybridized carbons (Fsp3) is 0.538. The van der Waals surface area contributed by atoms with Gasteiger partial charge in [-0.25, -0.2) is 0 Å². The Kier molecular flexibility index (Phi) is 4.21. The minimum atomic E-state index is -1.19. The van der Waals surface area contributed by atoms with Gasteiger partial charge in [-0.15, -0.1) is 11.3 Å². The molecule has 0 bridgehead atoms. The summed E-state index contributed by atoms with van der Waals surface area (Å²) >= 11 is 1.37. The quantitative estimate of drug-likeness (QED) is 0.776. The highest BCUT2D eigenvalue weighted by Crippen LogP contribution is 2.34. The van der Waals surface area contributed by atoms with Crippen LogP contribution in [0.25, 0.3) is 0 Å². The van der Waals surface area contributed by atoms with Crippen molar-refractivity contribution < 1.29 is 19.6 Å². The van der Waals surface area contributed by atoms with Crippen molar-refractivity contribution >= 4 is 28.2 Å². The Morgan fingerprint density at radius 2 is 2.21 bits per heavy atom. The average Bonchev–Trinajstić information content (AvgIpc) is 2.65. The number of likely N-dealkylation sites (N-methyl/N-ethyl adjacent to an activating group) is 1. The van der Waals surface area contributed by atoms with Gasteiger partial charge in [0.2, 0.25) is 5.91 Å². The number of quaternary nitrogens is 1. The second-order valence-electron chi connectivity index (χ2n) is 4.93. The third kappa shape index (κ3) is 2.96. The lowest BCUT2D eigenvalue weighted by Crippen LogP contribution is -3.08. The molecule has 2 heterocycles. The normalized spacial score (nSPS) is 17.9.